The molecular weight excluding hydrogens is 384 g/mol. The molecule has 0 saturated carbocycles. The maximum atomic E-state index is 12.9. The number of benzene rings is 3. The zero-order chi connectivity index (χ0) is 21.1. The Hall–Kier alpha value is -4.00. The molecule has 0 spiro atoms. The molecule has 3 aromatic carbocycles. The van der Waals surface area contributed by atoms with Crippen LogP contribution in [0.25, 0.3) is 22.6 Å². The van der Waals surface area contributed by atoms with Gasteiger partial charge in [-0.15, -0.1) is 0 Å². The van der Waals surface area contributed by atoms with Crippen LogP contribution in [-0.2, 0) is 0 Å². The first-order valence-electron chi connectivity index (χ1n) is 9.19. The van der Waals surface area contributed by atoms with E-state index in [4.69, 9.17) is 18.6 Å². The monoisotopic (exact) mass is 404 g/mol. The van der Waals surface area contributed by atoms with Gasteiger partial charge in [0.15, 0.2) is 5.58 Å². The number of anilines is 1. The van der Waals surface area contributed by atoms with E-state index in [2.05, 4.69) is 10.3 Å². The van der Waals surface area contributed by atoms with E-state index in [-0.39, 0.29) is 5.91 Å². The summed E-state index contributed by atoms with van der Waals surface area (Å²) in [7, 11) is 4.60. The number of amides is 1. The highest BCUT2D eigenvalue weighted by Gasteiger charge is 2.15. The molecule has 0 fully saturated rings. The van der Waals surface area contributed by atoms with E-state index in [1.54, 1.807) is 37.4 Å². The van der Waals surface area contributed by atoms with Gasteiger partial charge >= 0.3 is 0 Å². The van der Waals surface area contributed by atoms with Gasteiger partial charge in [-0.05, 0) is 42.5 Å². The quantitative estimate of drug-likeness (QED) is 0.498. The number of nitrogens with one attached hydrogen (secondary N) is 1. The molecule has 0 saturated heterocycles. The number of carbonyl (C=O) groups excluding carboxylic acids is 1. The van der Waals surface area contributed by atoms with Crippen molar-refractivity contribution >= 4 is 22.7 Å². The van der Waals surface area contributed by atoms with E-state index in [1.807, 2.05) is 30.3 Å². The first kappa shape index (κ1) is 19.3. The average molecular weight is 404 g/mol. The Bertz CT molecular complexity index is 1160. The molecule has 0 aliphatic carbocycles. The van der Waals surface area contributed by atoms with Crippen molar-refractivity contribution in [3.8, 4) is 28.7 Å². The second-order valence-corrected chi connectivity index (χ2v) is 6.46. The molecular formula is C23H20N2O5. The standard InChI is InChI=1S/C23H20N2O5/c1-27-16-10-15(11-17(13-16)28-2)22(26)24-19-12-14(8-9-20(19)29-3)23-25-18-6-4-5-7-21(18)30-23/h4-13H,1-3H3,(H,24,26). The third kappa shape index (κ3) is 3.77. The molecule has 1 heterocycles. The third-order valence-electron chi connectivity index (χ3n) is 4.60. The number of oxazole rings is 1. The fourth-order valence-corrected chi connectivity index (χ4v) is 3.07. The SMILES string of the molecule is COc1cc(OC)cc(C(=O)Nc2cc(-c3nc4ccccc4o3)ccc2OC)c1. The molecule has 30 heavy (non-hydrogen) atoms. The first-order chi connectivity index (χ1) is 14.6. The Kier molecular flexibility index (Phi) is 5.26. The van der Waals surface area contributed by atoms with Crippen LogP contribution in [0.4, 0.5) is 5.69 Å². The van der Waals surface area contributed by atoms with Crippen molar-refractivity contribution in [2.75, 3.05) is 26.6 Å². The van der Waals surface area contributed by atoms with Crippen LogP contribution in [-0.4, -0.2) is 32.2 Å². The van der Waals surface area contributed by atoms with Gasteiger partial charge in [0.2, 0.25) is 5.89 Å². The van der Waals surface area contributed by atoms with Crippen LogP contribution in [0.1, 0.15) is 10.4 Å². The van der Waals surface area contributed by atoms with Gasteiger partial charge < -0.3 is 23.9 Å². The normalized spacial score (nSPS) is 10.6. The summed E-state index contributed by atoms with van der Waals surface area (Å²) >= 11 is 0. The van der Waals surface area contributed by atoms with E-state index in [0.717, 1.165) is 5.52 Å². The van der Waals surface area contributed by atoms with Crippen molar-refractivity contribution in [1.82, 2.24) is 4.98 Å². The summed E-state index contributed by atoms with van der Waals surface area (Å²) in [5.74, 6) is 1.68. The fourth-order valence-electron chi connectivity index (χ4n) is 3.07. The summed E-state index contributed by atoms with van der Waals surface area (Å²) in [5.41, 5.74) is 3.05. The maximum Gasteiger partial charge on any atom is 0.256 e. The van der Waals surface area contributed by atoms with Gasteiger partial charge in [0.25, 0.3) is 5.91 Å². The molecule has 152 valence electrons. The van der Waals surface area contributed by atoms with Crippen molar-refractivity contribution in [1.29, 1.82) is 0 Å². The number of rotatable bonds is 6. The van der Waals surface area contributed by atoms with E-state index in [0.29, 0.717) is 45.5 Å². The highest BCUT2D eigenvalue weighted by atomic mass is 16.5. The number of nitrogens with zero attached hydrogens (tertiary/aromatic N) is 1. The minimum Gasteiger partial charge on any atom is -0.497 e. The van der Waals surface area contributed by atoms with Crippen LogP contribution >= 0.6 is 0 Å². The van der Waals surface area contributed by atoms with Crippen molar-refractivity contribution in [2.45, 2.75) is 0 Å². The summed E-state index contributed by atoms with van der Waals surface area (Å²) in [6.45, 7) is 0. The molecule has 1 N–H and O–H groups in total. The highest BCUT2D eigenvalue weighted by molar-refractivity contribution is 6.05. The molecule has 4 aromatic rings. The Morgan fingerprint density at radius 2 is 1.63 bits per heavy atom. The Morgan fingerprint density at radius 1 is 0.900 bits per heavy atom. The number of ether oxygens (including phenoxy) is 3. The molecule has 0 aliphatic heterocycles. The van der Waals surface area contributed by atoms with E-state index in [1.165, 1.54) is 14.2 Å². The topological polar surface area (TPSA) is 82.8 Å². The summed E-state index contributed by atoms with van der Waals surface area (Å²) < 4.78 is 21.7. The van der Waals surface area contributed by atoms with Crippen LogP contribution in [0.2, 0.25) is 0 Å². The molecule has 1 amide bonds. The molecule has 1 aromatic heterocycles. The third-order valence-corrected chi connectivity index (χ3v) is 4.60. The Balaban J connectivity index is 1.68. The van der Waals surface area contributed by atoms with Crippen molar-refractivity contribution in [2.24, 2.45) is 0 Å². The predicted molar refractivity (Wildman–Crippen MR) is 113 cm³/mol. The number of para-hydroxylation sites is 2. The van der Waals surface area contributed by atoms with Crippen molar-refractivity contribution < 1.29 is 23.4 Å². The van der Waals surface area contributed by atoms with Gasteiger partial charge in [-0.2, -0.15) is 0 Å². The van der Waals surface area contributed by atoms with Gasteiger partial charge in [-0.1, -0.05) is 12.1 Å². The first-order valence-corrected chi connectivity index (χ1v) is 9.19. The van der Waals surface area contributed by atoms with Crippen LogP contribution < -0.4 is 19.5 Å². The Labute approximate surface area is 173 Å². The second kappa shape index (κ2) is 8.16. The zero-order valence-corrected chi connectivity index (χ0v) is 16.8. The molecule has 0 aliphatic rings. The number of methoxy groups -OCH3 is 3. The van der Waals surface area contributed by atoms with Crippen LogP contribution in [0, 0.1) is 0 Å². The minimum atomic E-state index is -0.333. The van der Waals surface area contributed by atoms with Gasteiger partial charge in [-0.3, -0.25) is 4.79 Å². The van der Waals surface area contributed by atoms with Crippen molar-refractivity contribution in [3.05, 3.63) is 66.2 Å². The molecule has 0 unspecified atom stereocenters. The molecule has 0 bridgehead atoms. The molecule has 0 atom stereocenters. The number of aromatic nitrogens is 1. The summed E-state index contributed by atoms with van der Waals surface area (Å²) in [6, 6.07) is 17.8. The maximum absolute atomic E-state index is 12.9. The number of hydrogen-bond donors (Lipinski definition) is 1. The average Bonchev–Trinajstić information content (AvgIpc) is 3.23. The fraction of sp³-hybridized carbons (Fsp3) is 0.130. The van der Waals surface area contributed by atoms with Crippen LogP contribution in [0.3, 0.4) is 0 Å². The lowest BCUT2D eigenvalue weighted by Crippen LogP contribution is -2.13. The van der Waals surface area contributed by atoms with E-state index in [9.17, 15) is 4.79 Å². The summed E-state index contributed by atoms with van der Waals surface area (Å²) in [6.07, 6.45) is 0. The number of carbonyl (C=O) groups is 1. The lowest BCUT2D eigenvalue weighted by atomic mass is 10.1. The van der Waals surface area contributed by atoms with Gasteiger partial charge in [0.1, 0.15) is 22.8 Å². The predicted octanol–water partition coefficient (Wildman–Crippen LogP) is 4.77. The summed E-state index contributed by atoms with van der Waals surface area (Å²) in [5, 5.41) is 2.88. The molecule has 7 nitrogen and oxygen atoms in total. The smallest absolute Gasteiger partial charge is 0.256 e. The van der Waals surface area contributed by atoms with Gasteiger partial charge in [0.05, 0.1) is 27.0 Å². The Morgan fingerprint density at radius 3 is 2.30 bits per heavy atom. The van der Waals surface area contributed by atoms with Gasteiger partial charge in [-0.25, -0.2) is 4.98 Å². The second-order valence-electron chi connectivity index (χ2n) is 6.46. The molecule has 0 radical (unpaired) electrons. The van der Waals surface area contributed by atoms with Gasteiger partial charge in [0, 0.05) is 17.2 Å². The highest BCUT2D eigenvalue weighted by Crippen LogP contribution is 2.32. The van der Waals surface area contributed by atoms with E-state index < -0.39 is 0 Å². The largest absolute Gasteiger partial charge is 0.497 e. The lowest BCUT2D eigenvalue weighted by molar-refractivity contribution is 0.102. The number of fused-ring (bicyclic) bond motifs is 1. The van der Waals surface area contributed by atoms with Crippen LogP contribution in [0.5, 0.6) is 17.2 Å². The molecule has 7 heteroatoms. The van der Waals surface area contributed by atoms with E-state index >= 15 is 0 Å². The summed E-state index contributed by atoms with van der Waals surface area (Å²) in [4.78, 5) is 17.4. The number of hydrogen-bond acceptors (Lipinski definition) is 6. The molecule has 4 rings (SSSR count). The lowest BCUT2D eigenvalue weighted by Gasteiger charge is -2.12. The van der Waals surface area contributed by atoms with Crippen molar-refractivity contribution in [3.63, 3.8) is 0 Å². The van der Waals surface area contributed by atoms with Crippen LogP contribution in [0.15, 0.2) is 65.1 Å². The minimum absolute atomic E-state index is 0.333. The zero-order valence-electron chi connectivity index (χ0n) is 16.8.